The summed E-state index contributed by atoms with van der Waals surface area (Å²) in [7, 11) is 1.58. The normalized spacial score (nSPS) is 14.5. The van der Waals surface area contributed by atoms with Crippen LogP contribution < -0.4 is 9.64 Å². The molecule has 1 aliphatic rings. The number of para-hydroxylation sites is 1. The number of nitro groups is 1. The van der Waals surface area contributed by atoms with Gasteiger partial charge in [0.15, 0.2) is 10.9 Å². The summed E-state index contributed by atoms with van der Waals surface area (Å²) < 4.78 is 69.4. The van der Waals surface area contributed by atoms with Gasteiger partial charge in [0.05, 0.1) is 40.6 Å². The largest absolute Gasteiger partial charge is 0.467 e. The van der Waals surface area contributed by atoms with E-state index in [9.17, 15) is 42.5 Å². The zero-order chi connectivity index (χ0) is 49.5. The Bertz CT molecular complexity index is 2280. The minimum atomic E-state index is -4.61. The summed E-state index contributed by atoms with van der Waals surface area (Å²) in [5.41, 5.74) is 0.334. The van der Waals surface area contributed by atoms with E-state index in [0.29, 0.717) is 18.4 Å². The topological polar surface area (TPSA) is 177 Å². The predicted octanol–water partition coefficient (Wildman–Crippen LogP) is 10.9. The first-order valence-electron chi connectivity index (χ1n) is 20.0. The molecule has 0 spiro atoms. The van der Waals surface area contributed by atoms with Gasteiger partial charge in [0.1, 0.15) is 47.3 Å². The summed E-state index contributed by atoms with van der Waals surface area (Å²) >= 11 is 22.7. The van der Waals surface area contributed by atoms with Crippen molar-refractivity contribution in [3.05, 3.63) is 116 Å². The molecule has 360 valence electrons. The number of rotatable bonds is 15. The SMILES string of the molecule is CC1(C)OC(c2ccco2)CN1C(=O)C(Cl)Cl.CCOC(=O)C(C)OC(=O)c1cc(Oc2ccc(C(F)(F)F)cc2Cl)ccc1[N+](=O)[O-].CCc1cccc(CC)c1N(COC)C(=O)CCl. The minimum Gasteiger partial charge on any atom is -0.467 e. The van der Waals surface area contributed by atoms with Crippen LogP contribution in [0.5, 0.6) is 11.5 Å². The summed E-state index contributed by atoms with van der Waals surface area (Å²) in [5, 5.41) is 10.9. The van der Waals surface area contributed by atoms with Crippen LogP contribution in [0.25, 0.3) is 0 Å². The maximum atomic E-state index is 12.8. The third-order valence-corrected chi connectivity index (χ3v) is 10.3. The Morgan fingerprint density at radius 3 is 2.15 bits per heavy atom. The van der Waals surface area contributed by atoms with Crippen molar-refractivity contribution in [3.8, 4) is 11.5 Å². The lowest BCUT2D eigenvalue weighted by molar-refractivity contribution is -0.385. The molecule has 15 nitrogen and oxygen atoms in total. The molecular formula is C44H48Cl4F3N3O12. The lowest BCUT2D eigenvalue weighted by Gasteiger charge is -2.29. The van der Waals surface area contributed by atoms with Crippen molar-refractivity contribution in [1.82, 2.24) is 4.90 Å². The second kappa shape index (κ2) is 25.1. The molecule has 2 unspecified atom stereocenters. The second-order valence-electron chi connectivity index (χ2n) is 14.3. The van der Waals surface area contributed by atoms with E-state index in [1.165, 1.54) is 11.8 Å². The van der Waals surface area contributed by atoms with Crippen LogP contribution in [-0.2, 0) is 52.3 Å². The summed E-state index contributed by atoms with van der Waals surface area (Å²) in [6.07, 6.45) is -2.90. The zero-order valence-corrected chi connectivity index (χ0v) is 39.8. The number of nitro benzene ring substituents is 1. The standard InChI is InChI=1S/C19H15ClF3NO7.C14H20ClNO2.C11H13Cl2NO3/c1-3-29-17(25)10(2)30-18(26)13-9-12(5-6-15(13)24(27)28)31-16-7-4-11(8-14(16)20)19(21,22)23;1-4-11-7-6-8-12(5-2)14(11)16(10-18-3)13(17)9-15;1-11(2)14(10(15)9(12)13)6-8(17-11)7-4-3-5-16-7/h4-10H,3H2,1-2H3;6-8H,4-5,9-10H2,1-3H3;3-5,8-9H,6H2,1-2H3. The highest BCUT2D eigenvalue weighted by molar-refractivity contribution is 6.53. The number of methoxy groups -OCH3 is 1. The molecule has 66 heavy (non-hydrogen) atoms. The Labute approximate surface area is 399 Å². The number of nitrogens with zero attached hydrogens (tertiary/aromatic N) is 3. The van der Waals surface area contributed by atoms with Gasteiger partial charge in [0.25, 0.3) is 11.6 Å². The van der Waals surface area contributed by atoms with E-state index in [-0.39, 0.29) is 53.7 Å². The molecule has 3 aromatic carbocycles. The van der Waals surface area contributed by atoms with Crippen LogP contribution in [0.4, 0.5) is 24.5 Å². The van der Waals surface area contributed by atoms with Crippen LogP contribution in [0.15, 0.2) is 77.4 Å². The van der Waals surface area contributed by atoms with Crippen molar-refractivity contribution in [2.24, 2.45) is 0 Å². The number of aryl methyl sites for hydroxylation is 2. The maximum Gasteiger partial charge on any atom is 0.416 e. The molecule has 2 amide bonds. The number of anilines is 1. The van der Waals surface area contributed by atoms with E-state index >= 15 is 0 Å². The number of hydrogen-bond acceptors (Lipinski definition) is 12. The van der Waals surface area contributed by atoms with Crippen molar-refractivity contribution < 1.29 is 65.4 Å². The number of hydrogen-bond donors (Lipinski definition) is 0. The number of alkyl halides is 6. The summed E-state index contributed by atoms with van der Waals surface area (Å²) in [5.74, 6) is -2.19. The smallest absolute Gasteiger partial charge is 0.416 e. The molecule has 5 rings (SSSR count). The van der Waals surface area contributed by atoms with Crippen molar-refractivity contribution in [1.29, 1.82) is 0 Å². The first-order valence-corrected chi connectivity index (χ1v) is 21.8. The van der Waals surface area contributed by atoms with E-state index in [1.807, 2.05) is 24.3 Å². The van der Waals surface area contributed by atoms with E-state index in [0.717, 1.165) is 60.0 Å². The lowest BCUT2D eigenvalue weighted by Crippen LogP contribution is -2.45. The highest BCUT2D eigenvalue weighted by atomic mass is 35.5. The van der Waals surface area contributed by atoms with Crippen molar-refractivity contribution in [2.75, 3.05) is 37.8 Å². The number of halogens is 7. The summed E-state index contributed by atoms with van der Waals surface area (Å²) in [4.78, 5) is 60.2. The van der Waals surface area contributed by atoms with E-state index < -0.39 is 56.5 Å². The molecule has 4 aromatic rings. The lowest BCUT2D eigenvalue weighted by atomic mass is 10.0. The van der Waals surface area contributed by atoms with Gasteiger partial charge < -0.3 is 33.0 Å². The number of ether oxygens (including phenoxy) is 5. The molecule has 0 N–H and O–H groups in total. The van der Waals surface area contributed by atoms with Gasteiger partial charge in [-0.15, -0.1) is 11.6 Å². The Morgan fingerprint density at radius 1 is 1.00 bits per heavy atom. The number of carbonyl (C=O) groups is 4. The van der Waals surface area contributed by atoms with E-state index in [2.05, 4.69) is 13.8 Å². The summed E-state index contributed by atoms with van der Waals surface area (Å²) in [6, 6.07) is 15.1. The highest BCUT2D eigenvalue weighted by Crippen LogP contribution is 2.39. The zero-order valence-electron chi connectivity index (χ0n) is 36.8. The third-order valence-electron chi connectivity index (χ3n) is 9.42. The van der Waals surface area contributed by atoms with Gasteiger partial charge in [-0.25, -0.2) is 9.59 Å². The maximum absolute atomic E-state index is 12.8. The average molecular weight is 1010 g/mol. The fraction of sp³-hybridized carbons (Fsp3) is 0.409. The third kappa shape index (κ3) is 15.0. The van der Waals surface area contributed by atoms with E-state index in [1.54, 1.807) is 45.1 Å². The van der Waals surface area contributed by atoms with Gasteiger partial charge >= 0.3 is 18.1 Å². The first-order chi connectivity index (χ1) is 31.0. The molecule has 2 heterocycles. The molecule has 0 bridgehead atoms. The molecule has 22 heteroatoms. The quantitative estimate of drug-likeness (QED) is 0.0362. The van der Waals surface area contributed by atoms with Crippen LogP contribution in [0.3, 0.4) is 0 Å². The monoisotopic (exact) mass is 1010 g/mol. The molecule has 2 atom stereocenters. The highest BCUT2D eigenvalue weighted by Gasteiger charge is 2.45. The Hall–Kier alpha value is -5.11. The Balaban J connectivity index is 0.000000282. The number of carbonyl (C=O) groups excluding carboxylic acids is 4. The van der Waals surface area contributed by atoms with Crippen LogP contribution in [0.2, 0.25) is 5.02 Å². The molecule has 0 radical (unpaired) electrons. The van der Waals surface area contributed by atoms with E-state index in [4.69, 9.17) is 74.5 Å². The van der Waals surface area contributed by atoms with Gasteiger partial charge in [0, 0.05) is 19.2 Å². The average Bonchev–Trinajstić information content (AvgIpc) is 3.93. The fourth-order valence-electron chi connectivity index (χ4n) is 6.27. The van der Waals surface area contributed by atoms with Crippen molar-refractivity contribution in [2.45, 2.75) is 83.3 Å². The summed E-state index contributed by atoms with van der Waals surface area (Å²) in [6.45, 7) is 11.2. The number of amides is 2. The first kappa shape index (κ1) is 55.2. The van der Waals surface area contributed by atoms with Crippen LogP contribution in [-0.4, -0.2) is 83.1 Å². The number of esters is 2. The van der Waals surface area contributed by atoms with Gasteiger partial charge in [-0.3, -0.25) is 24.6 Å². The van der Waals surface area contributed by atoms with Crippen molar-refractivity contribution >= 4 is 81.5 Å². The van der Waals surface area contributed by atoms with Gasteiger partial charge in [-0.05, 0) is 88.1 Å². The van der Waals surface area contributed by atoms with Crippen LogP contribution in [0.1, 0.15) is 80.5 Å². The molecule has 1 saturated heterocycles. The predicted molar refractivity (Wildman–Crippen MR) is 240 cm³/mol. The van der Waals surface area contributed by atoms with Gasteiger partial charge in [0.2, 0.25) is 5.91 Å². The molecule has 1 aliphatic heterocycles. The molecule has 0 saturated carbocycles. The second-order valence-corrected chi connectivity index (χ2v) is 16.1. The van der Waals surface area contributed by atoms with Crippen molar-refractivity contribution in [3.63, 3.8) is 0 Å². The molecule has 1 fully saturated rings. The van der Waals surface area contributed by atoms with Crippen LogP contribution in [0, 0.1) is 10.1 Å². The number of furan rings is 1. The van der Waals surface area contributed by atoms with Crippen LogP contribution >= 0.6 is 46.4 Å². The molecule has 1 aromatic heterocycles. The Kier molecular flexibility index (Phi) is 21.0. The fourth-order valence-corrected chi connectivity index (χ4v) is 6.87. The molecular weight excluding hydrogens is 961 g/mol. The van der Waals surface area contributed by atoms with Gasteiger partial charge in [-0.1, -0.05) is 66.8 Å². The minimum absolute atomic E-state index is 0.0371. The number of benzene rings is 3. The Morgan fingerprint density at radius 2 is 1.65 bits per heavy atom. The molecule has 0 aliphatic carbocycles. The van der Waals surface area contributed by atoms with Gasteiger partial charge in [-0.2, -0.15) is 13.2 Å².